The van der Waals surface area contributed by atoms with Gasteiger partial charge in [0.1, 0.15) is 12.1 Å². The zero-order chi connectivity index (χ0) is 13.0. The predicted octanol–water partition coefficient (Wildman–Crippen LogP) is 3.59. The molecule has 2 rings (SSSR count). The molecule has 0 amide bonds. The van der Waals surface area contributed by atoms with Gasteiger partial charge in [0.25, 0.3) is 0 Å². The van der Waals surface area contributed by atoms with Crippen LogP contribution in [0.4, 0.5) is 5.82 Å². The molecule has 0 bridgehead atoms. The Bertz CT molecular complexity index is 387. The Balaban J connectivity index is 1.87. The van der Waals surface area contributed by atoms with Crippen LogP contribution >= 0.6 is 0 Å². The van der Waals surface area contributed by atoms with Crippen LogP contribution in [-0.4, -0.2) is 16.0 Å². The third-order valence-electron chi connectivity index (χ3n) is 3.68. The lowest BCUT2D eigenvalue weighted by Gasteiger charge is -2.17. The van der Waals surface area contributed by atoms with Crippen molar-refractivity contribution in [3.8, 4) is 0 Å². The molecule has 0 fully saturated rings. The lowest BCUT2D eigenvalue weighted by Crippen LogP contribution is -2.17. The second-order valence-corrected chi connectivity index (χ2v) is 5.87. The fourth-order valence-corrected chi connectivity index (χ4v) is 2.62. The average Bonchev–Trinajstić information content (AvgIpc) is 2.77. The van der Waals surface area contributed by atoms with Crippen LogP contribution < -0.4 is 5.32 Å². The molecule has 1 unspecified atom stereocenters. The van der Waals surface area contributed by atoms with Crippen molar-refractivity contribution in [1.82, 2.24) is 9.97 Å². The number of hydrogen-bond acceptors (Lipinski definition) is 3. The first-order valence-electron chi connectivity index (χ1n) is 7.26. The summed E-state index contributed by atoms with van der Waals surface area (Å²) in [5, 5.41) is 3.56. The van der Waals surface area contributed by atoms with E-state index in [-0.39, 0.29) is 0 Å². The van der Waals surface area contributed by atoms with E-state index in [9.17, 15) is 0 Å². The molecule has 1 atom stereocenters. The van der Waals surface area contributed by atoms with E-state index >= 15 is 0 Å². The highest BCUT2D eigenvalue weighted by molar-refractivity contribution is 5.48. The second-order valence-electron chi connectivity index (χ2n) is 5.87. The first-order valence-corrected chi connectivity index (χ1v) is 7.26. The van der Waals surface area contributed by atoms with E-state index < -0.39 is 0 Å². The highest BCUT2D eigenvalue weighted by Gasteiger charge is 2.17. The fourth-order valence-electron chi connectivity index (χ4n) is 2.62. The van der Waals surface area contributed by atoms with E-state index in [0.29, 0.717) is 6.04 Å². The summed E-state index contributed by atoms with van der Waals surface area (Å²) in [6, 6.07) is 0.503. The maximum absolute atomic E-state index is 4.41. The van der Waals surface area contributed by atoms with Crippen molar-refractivity contribution in [2.24, 2.45) is 5.92 Å². The van der Waals surface area contributed by atoms with Crippen molar-refractivity contribution in [1.29, 1.82) is 0 Å². The highest BCUT2D eigenvalue weighted by atomic mass is 15.0. The number of nitrogens with zero attached hydrogens (tertiary/aromatic N) is 2. The summed E-state index contributed by atoms with van der Waals surface area (Å²) in [5.74, 6) is 1.88. The maximum atomic E-state index is 4.41. The number of hydrogen-bond donors (Lipinski definition) is 1. The number of rotatable bonds is 6. The van der Waals surface area contributed by atoms with Gasteiger partial charge in [-0.2, -0.15) is 0 Å². The molecule has 3 heteroatoms. The predicted molar refractivity (Wildman–Crippen MR) is 75.8 cm³/mol. The minimum atomic E-state index is 0.503. The quantitative estimate of drug-likeness (QED) is 0.834. The van der Waals surface area contributed by atoms with Gasteiger partial charge >= 0.3 is 0 Å². The molecule has 1 heterocycles. The second kappa shape index (κ2) is 6.17. The smallest absolute Gasteiger partial charge is 0.133 e. The Hall–Kier alpha value is -1.12. The summed E-state index contributed by atoms with van der Waals surface area (Å²) in [7, 11) is 0. The highest BCUT2D eigenvalue weighted by Crippen LogP contribution is 2.25. The molecular weight excluding hydrogens is 222 g/mol. The minimum Gasteiger partial charge on any atom is -0.367 e. The molecule has 1 aromatic rings. The summed E-state index contributed by atoms with van der Waals surface area (Å²) >= 11 is 0. The number of aromatic nitrogens is 2. The summed E-state index contributed by atoms with van der Waals surface area (Å²) in [6.45, 7) is 6.83. The van der Waals surface area contributed by atoms with Gasteiger partial charge in [-0.05, 0) is 38.5 Å². The van der Waals surface area contributed by atoms with E-state index in [1.165, 1.54) is 36.9 Å². The molecule has 0 aromatic carbocycles. The van der Waals surface area contributed by atoms with Gasteiger partial charge < -0.3 is 5.32 Å². The molecule has 0 radical (unpaired) electrons. The zero-order valence-corrected chi connectivity index (χ0v) is 11.9. The standard InChI is InChI=1S/C15H25N3/c1-11(2)6-4-7-12(3)18-15-13-8-5-9-14(13)16-10-17-15/h10-12H,4-9H2,1-3H3,(H,16,17,18). The van der Waals surface area contributed by atoms with E-state index in [4.69, 9.17) is 0 Å². The van der Waals surface area contributed by atoms with Crippen molar-refractivity contribution in [3.05, 3.63) is 17.6 Å². The third-order valence-corrected chi connectivity index (χ3v) is 3.68. The molecule has 0 spiro atoms. The Morgan fingerprint density at radius 1 is 1.17 bits per heavy atom. The molecule has 0 aliphatic heterocycles. The molecule has 18 heavy (non-hydrogen) atoms. The summed E-state index contributed by atoms with van der Waals surface area (Å²) < 4.78 is 0. The number of aryl methyl sites for hydroxylation is 1. The topological polar surface area (TPSA) is 37.8 Å². The van der Waals surface area contributed by atoms with Gasteiger partial charge in [0.05, 0.1) is 0 Å². The van der Waals surface area contributed by atoms with Crippen molar-refractivity contribution < 1.29 is 0 Å². The largest absolute Gasteiger partial charge is 0.367 e. The van der Waals surface area contributed by atoms with Crippen LogP contribution in [0.25, 0.3) is 0 Å². The fraction of sp³-hybridized carbons (Fsp3) is 0.733. The Labute approximate surface area is 110 Å². The van der Waals surface area contributed by atoms with Crippen LogP contribution in [0.5, 0.6) is 0 Å². The van der Waals surface area contributed by atoms with E-state index in [2.05, 4.69) is 36.1 Å². The summed E-state index contributed by atoms with van der Waals surface area (Å²) in [5.41, 5.74) is 2.61. The Kier molecular flexibility index (Phi) is 4.56. The summed E-state index contributed by atoms with van der Waals surface area (Å²) in [6.07, 6.45) is 9.01. The van der Waals surface area contributed by atoms with E-state index in [1.54, 1.807) is 6.33 Å². The molecular formula is C15H25N3. The van der Waals surface area contributed by atoms with Gasteiger partial charge in [0.15, 0.2) is 0 Å². The molecule has 3 nitrogen and oxygen atoms in total. The van der Waals surface area contributed by atoms with Gasteiger partial charge in [0.2, 0.25) is 0 Å². The number of nitrogens with one attached hydrogen (secondary N) is 1. The van der Waals surface area contributed by atoms with Crippen LogP contribution in [0.2, 0.25) is 0 Å². The monoisotopic (exact) mass is 247 g/mol. The van der Waals surface area contributed by atoms with Crippen molar-refractivity contribution in [2.75, 3.05) is 5.32 Å². The first kappa shape index (κ1) is 13.3. The van der Waals surface area contributed by atoms with Crippen molar-refractivity contribution in [2.45, 2.75) is 65.3 Å². The van der Waals surface area contributed by atoms with Crippen molar-refractivity contribution in [3.63, 3.8) is 0 Å². The van der Waals surface area contributed by atoms with Gasteiger partial charge in [-0.25, -0.2) is 9.97 Å². The lowest BCUT2D eigenvalue weighted by molar-refractivity contribution is 0.520. The molecule has 1 N–H and O–H groups in total. The summed E-state index contributed by atoms with van der Waals surface area (Å²) in [4.78, 5) is 8.77. The average molecular weight is 247 g/mol. The van der Waals surface area contributed by atoms with Crippen LogP contribution in [0.15, 0.2) is 6.33 Å². The van der Waals surface area contributed by atoms with Gasteiger partial charge in [-0.1, -0.05) is 26.7 Å². The van der Waals surface area contributed by atoms with Crippen LogP contribution in [0.1, 0.15) is 57.7 Å². The number of anilines is 1. The van der Waals surface area contributed by atoms with Crippen molar-refractivity contribution >= 4 is 5.82 Å². The van der Waals surface area contributed by atoms with Crippen LogP contribution in [-0.2, 0) is 12.8 Å². The van der Waals surface area contributed by atoms with Gasteiger partial charge in [0, 0.05) is 17.3 Å². The lowest BCUT2D eigenvalue weighted by atomic mass is 10.0. The SMILES string of the molecule is CC(C)CCCC(C)Nc1ncnc2c1CCC2. The van der Waals surface area contributed by atoms with Gasteiger partial charge in [-0.15, -0.1) is 0 Å². The first-order chi connectivity index (χ1) is 8.66. The van der Waals surface area contributed by atoms with Crippen LogP contribution in [0, 0.1) is 5.92 Å². The third kappa shape index (κ3) is 3.44. The molecule has 1 aliphatic rings. The molecule has 0 saturated heterocycles. The Morgan fingerprint density at radius 2 is 2.00 bits per heavy atom. The van der Waals surface area contributed by atoms with Gasteiger partial charge in [-0.3, -0.25) is 0 Å². The molecule has 100 valence electrons. The molecule has 1 aliphatic carbocycles. The van der Waals surface area contributed by atoms with E-state index in [0.717, 1.165) is 24.6 Å². The molecule has 0 saturated carbocycles. The molecule has 1 aromatic heterocycles. The number of fused-ring (bicyclic) bond motifs is 1. The normalized spacial score (nSPS) is 15.8. The van der Waals surface area contributed by atoms with E-state index in [1.807, 2.05) is 0 Å². The van der Waals surface area contributed by atoms with Crippen LogP contribution in [0.3, 0.4) is 0 Å². The minimum absolute atomic E-state index is 0.503. The maximum Gasteiger partial charge on any atom is 0.133 e. The zero-order valence-electron chi connectivity index (χ0n) is 11.9. The Morgan fingerprint density at radius 3 is 2.78 bits per heavy atom.